The van der Waals surface area contributed by atoms with Crippen LogP contribution >= 0.6 is 0 Å². The third-order valence-electron chi connectivity index (χ3n) is 3.42. The molecule has 0 radical (unpaired) electrons. The molecule has 1 fully saturated rings. The van der Waals surface area contributed by atoms with Crippen molar-refractivity contribution in [3.8, 4) is 0 Å². The number of hydrogen-bond acceptors (Lipinski definition) is 2. The molecule has 0 amide bonds. The predicted octanol–water partition coefficient (Wildman–Crippen LogP) is 2.54. The Balaban J connectivity index is 2.17. The number of rotatable bonds is 2. The van der Waals surface area contributed by atoms with Gasteiger partial charge in [0, 0.05) is 23.9 Å². The maximum atomic E-state index is 5.88. The van der Waals surface area contributed by atoms with Crippen molar-refractivity contribution < 1.29 is 0 Å². The monoisotopic (exact) mass is 215 g/mol. The Hall–Kier alpha value is -1.35. The van der Waals surface area contributed by atoms with Crippen LogP contribution in [0.2, 0.25) is 0 Å². The van der Waals surface area contributed by atoms with E-state index in [0.717, 1.165) is 11.2 Å². The van der Waals surface area contributed by atoms with Crippen molar-refractivity contribution in [1.82, 2.24) is 9.38 Å². The molecule has 1 aliphatic carbocycles. The molecule has 2 N–H and O–H groups in total. The molecule has 1 aliphatic rings. The molecule has 2 heterocycles. The van der Waals surface area contributed by atoms with Crippen LogP contribution in [0.3, 0.4) is 0 Å². The number of nitrogens with zero attached hydrogens (tertiary/aromatic N) is 2. The Morgan fingerprint density at radius 1 is 1.50 bits per heavy atom. The molecule has 0 bridgehead atoms. The largest absolute Gasteiger partial charge is 0.324 e. The summed E-state index contributed by atoms with van der Waals surface area (Å²) >= 11 is 0. The number of fused-ring (bicyclic) bond motifs is 1. The van der Waals surface area contributed by atoms with E-state index in [4.69, 9.17) is 10.7 Å². The van der Waals surface area contributed by atoms with Gasteiger partial charge in [-0.1, -0.05) is 0 Å². The van der Waals surface area contributed by atoms with Crippen LogP contribution in [0, 0.1) is 6.92 Å². The molecule has 3 heteroatoms. The lowest BCUT2D eigenvalue weighted by Gasteiger charge is -2.05. The van der Waals surface area contributed by atoms with Gasteiger partial charge in [0.25, 0.3) is 0 Å². The van der Waals surface area contributed by atoms with Gasteiger partial charge in [0.1, 0.15) is 5.65 Å². The van der Waals surface area contributed by atoms with E-state index in [-0.39, 0.29) is 6.04 Å². The van der Waals surface area contributed by atoms with E-state index in [0.29, 0.717) is 5.92 Å². The first-order chi connectivity index (χ1) is 7.66. The normalized spacial score (nSPS) is 17.9. The lowest BCUT2D eigenvalue weighted by atomic mass is 10.1. The van der Waals surface area contributed by atoms with Crippen molar-refractivity contribution in [2.24, 2.45) is 5.73 Å². The molecule has 3 nitrogen and oxygen atoms in total. The second-order valence-electron chi connectivity index (χ2n) is 4.83. The van der Waals surface area contributed by atoms with Crippen molar-refractivity contribution in [3.05, 3.63) is 35.3 Å². The van der Waals surface area contributed by atoms with Gasteiger partial charge in [-0.05, 0) is 44.4 Å². The first-order valence-electron chi connectivity index (χ1n) is 5.91. The van der Waals surface area contributed by atoms with Crippen LogP contribution in [-0.2, 0) is 0 Å². The number of hydrogen-bond donors (Lipinski definition) is 1. The van der Waals surface area contributed by atoms with E-state index in [1.54, 1.807) is 0 Å². The van der Waals surface area contributed by atoms with Crippen molar-refractivity contribution >= 4 is 5.65 Å². The van der Waals surface area contributed by atoms with E-state index in [9.17, 15) is 0 Å². The molecule has 84 valence electrons. The topological polar surface area (TPSA) is 43.3 Å². The molecule has 2 aromatic rings. The van der Waals surface area contributed by atoms with Gasteiger partial charge in [0.15, 0.2) is 0 Å². The maximum Gasteiger partial charge on any atom is 0.137 e. The standard InChI is InChI=1S/C13H17N3/c1-8(14)11-5-6-16-9(2)13(10-3-4-10)15-12(16)7-11/h5-8,10H,3-4,14H2,1-2H3. The first-order valence-corrected chi connectivity index (χ1v) is 5.91. The van der Waals surface area contributed by atoms with Crippen LogP contribution in [0.4, 0.5) is 0 Å². The molecule has 0 spiro atoms. The van der Waals surface area contributed by atoms with Crippen molar-refractivity contribution in [2.75, 3.05) is 0 Å². The van der Waals surface area contributed by atoms with Crippen LogP contribution in [0.1, 0.15) is 48.7 Å². The summed E-state index contributed by atoms with van der Waals surface area (Å²) in [7, 11) is 0. The number of aromatic nitrogens is 2. The number of pyridine rings is 1. The quantitative estimate of drug-likeness (QED) is 0.836. The molecular formula is C13H17N3. The Kier molecular flexibility index (Phi) is 2.04. The third kappa shape index (κ3) is 1.43. The minimum atomic E-state index is 0.0754. The van der Waals surface area contributed by atoms with E-state index in [1.807, 2.05) is 6.92 Å². The fourth-order valence-electron chi connectivity index (χ4n) is 2.23. The number of imidazole rings is 1. The highest BCUT2D eigenvalue weighted by molar-refractivity contribution is 5.47. The lowest BCUT2D eigenvalue weighted by Crippen LogP contribution is -2.05. The SMILES string of the molecule is Cc1c(C2CC2)nc2cc(C(C)N)ccn12. The van der Waals surface area contributed by atoms with Gasteiger partial charge in [-0.3, -0.25) is 0 Å². The molecule has 1 unspecified atom stereocenters. The molecule has 2 aromatic heterocycles. The van der Waals surface area contributed by atoms with Crippen LogP contribution in [-0.4, -0.2) is 9.38 Å². The molecule has 0 saturated heterocycles. The molecule has 1 atom stereocenters. The van der Waals surface area contributed by atoms with E-state index in [2.05, 4.69) is 29.7 Å². The highest BCUT2D eigenvalue weighted by Gasteiger charge is 2.28. The van der Waals surface area contributed by atoms with Gasteiger partial charge in [-0.15, -0.1) is 0 Å². The van der Waals surface area contributed by atoms with E-state index >= 15 is 0 Å². The Labute approximate surface area is 95.3 Å². The Morgan fingerprint density at radius 3 is 2.88 bits per heavy atom. The molecule has 0 aliphatic heterocycles. The van der Waals surface area contributed by atoms with Gasteiger partial charge in [0.2, 0.25) is 0 Å². The summed E-state index contributed by atoms with van der Waals surface area (Å²) < 4.78 is 2.17. The second kappa shape index (κ2) is 3.32. The summed E-state index contributed by atoms with van der Waals surface area (Å²) in [6.07, 6.45) is 4.68. The minimum Gasteiger partial charge on any atom is -0.324 e. The fourth-order valence-corrected chi connectivity index (χ4v) is 2.23. The zero-order valence-electron chi connectivity index (χ0n) is 9.77. The summed E-state index contributed by atoms with van der Waals surface area (Å²) in [6.45, 7) is 4.16. The summed E-state index contributed by atoms with van der Waals surface area (Å²) in [4.78, 5) is 4.72. The van der Waals surface area contributed by atoms with Crippen LogP contribution in [0.25, 0.3) is 5.65 Å². The van der Waals surface area contributed by atoms with Gasteiger partial charge < -0.3 is 10.1 Å². The van der Waals surface area contributed by atoms with Crippen LogP contribution in [0.5, 0.6) is 0 Å². The minimum absolute atomic E-state index is 0.0754. The Bertz CT molecular complexity index is 535. The maximum absolute atomic E-state index is 5.88. The smallest absolute Gasteiger partial charge is 0.137 e. The van der Waals surface area contributed by atoms with Gasteiger partial charge in [-0.2, -0.15) is 0 Å². The molecule has 3 rings (SSSR count). The van der Waals surface area contributed by atoms with Crippen LogP contribution < -0.4 is 5.73 Å². The summed E-state index contributed by atoms with van der Waals surface area (Å²) in [5, 5.41) is 0. The predicted molar refractivity (Wildman–Crippen MR) is 64.5 cm³/mol. The van der Waals surface area contributed by atoms with Gasteiger partial charge >= 0.3 is 0 Å². The zero-order chi connectivity index (χ0) is 11.3. The molecule has 0 aromatic carbocycles. The van der Waals surface area contributed by atoms with Crippen molar-refractivity contribution in [2.45, 2.75) is 38.6 Å². The average Bonchev–Trinajstić information content (AvgIpc) is 3.04. The highest BCUT2D eigenvalue weighted by atomic mass is 15.0. The number of nitrogens with two attached hydrogens (primary N) is 1. The summed E-state index contributed by atoms with van der Waals surface area (Å²) in [5.41, 5.74) is 10.6. The lowest BCUT2D eigenvalue weighted by molar-refractivity contribution is 0.815. The molecular weight excluding hydrogens is 198 g/mol. The van der Waals surface area contributed by atoms with Crippen LogP contribution in [0.15, 0.2) is 18.3 Å². The second-order valence-corrected chi connectivity index (χ2v) is 4.83. The summed E-state index contributed by atoms with van der Waals surface area (Å²) in [5.74, 6) is 0.707. The van der Waals surface area contributed by atoms with E-state index < -0.39 is 0 Å². The fraction of sp³-hybridized carbons (Fsp3) is 0.462. The van der Waals surface area contributed by atoms with Crippen molar-refractivity contribution in [1.29, 1.82) is 0 Å². The number of aryl methyl sites for hydroxylation is 1. The average molecular weight is 215 g/mol. The molecule has 1 saturated carbocycles. The van der Waals surface area contributed by atoms with Gasteiger partial charge in [0.05, 0.1) is 5.69 Å². The Morgan fingerprint density at radius 2 is 2.25 bits per heavy atom. The highest BCUT2D eigenvalue weighted by Crippen LogP contribution is 2.41. The third-order valence-corrected chi connectivity index (χ3v) is 3.42. The zero-order valence-corrected chi connectivity index (χ0v) is 9.77. The van der Waals surface area contributed by atoms with E-state index in [1.165, 1.54) is 24.2 Å². The van der Waals surface area contributed by atoms with Gasteiger partial charge in [-0.25, -0.2) is 4.98 Å². The molecule has 16 heavy (non-hydrogen) atoms. The first kappa shape index (κ1) is 9.85. The summed E-state index contributed by atoms with van der Waals surface area (Å²) in [6, 6.07) is 4.26. The van der Waals surface area contributed by atoms with Crippen molar-refractivity contribution in [3.63, 3.8) is 0 Å².